The van der Waals surface area contributed by atoms with Gasteiger partial charge in [-0.1, -0.05) is 19.8 Å². The van der Waals surface area contributed by atoms with Crippen molar-refractivity contribution in [3.05, 3.63) is 0 Å². The van der Waals surface area contributed by atoms with Crippen molar-refractivity contribution in [2.24, 2.45) is 0 Å². The van der Waals surface area contributed by atoms with Crippen LogP contribution < -0.4 is 5.32 Å². The molecule has 2 atom stereocenters. The van der Waals surface area contributed by atoms with Gasteiger partial charge in [-0.2, -0.15) is 0 Å². The van der Waals surface area contributed by atoms with E-state index < -0.39 is 0 Å². The van der Waals surface area contributed by atoms with Crippen LogP contribution in [-0.4, -0.2) is 29.1 Å². The van der Waals surface area contributed by atoms with Gasteiger partial charge in [-0.25, -0.2) is 0 Å². The average Bonchev–Trinajstić information content (AvgIpc) is 2.74. The van der Waals surface area contributed by atoms with Crippen LogP contribution in [0.5, 0.6) is 0 Å². The Hall–Kier alpha value is -0.570. The van der Waals surface area contributed by atoms with E-state index >= 15 is 0 Å². The molecule has 1 N–H and O–H groups in total. The lowest BCUT2D eigenvalue weighted by Crippen LogP contribution is -2.41. The molecule has 1 saturated carbocycles. The Morgan fingerprint density at radius 2 is 2.07 bits per heavy atom. The SMILES string of the molecule is CCC1NC(C)N(C2CCCC2)C1=O. The maximum absolute atomic E-state index is 12.0. The molecule has 0 radical (unpaired) electrons. The molecule has 0 aromatic rings. The molecular weight excluding hydrogens is 176 g/mol. The van der Waals surface area contributed by atoms with Gasteiger partial charge in [0.2, 0.25) is 5.91 Å². The minimum absolute atomic E-state index is 0.0746. The Morgan fingerprint density at radius 1 is 1.43 bits per heavy atom. The van der Waals surface area contributed by atoms with E-state index in [1.165, 1.54) is 25.7 Å². The average molecular weight is 196 g/mol. The summed E-state index contributed by atoms with van der Waals surface area (Å²) in [5.41, 5.74) is 0. The van der Waals surface area contributed by atoms with Gasteiger partial charge in [-0.15, -0.1) is 0 Å². The van der Waals surface area contributed by atoms with Gasteiger partial charge in [0.25, 0.3) is 0 Å². The zero-order valence-corrected chi connectivity index (χ0v) is 9.12. The Labute approximate surface area is 85.8 Å². The predicted molar refractivity (Wildman–Crippen MR) is 55.8 cm³/mol. The van der Waals surface area contributed by atoms with Crippen LogP contribution in [0.1, 0.15) is 46.0 Å². The number of carbonyl (C=O) groups excluding carboxylic acids is 1. The number of rotatable bonds is 2. The summed E-state index contributed by atoms with van der Waals surface area (Å²) in [7, 11) is 0. The van der Waals surface area contributed by atoms with E-state index in [1.807, 2.05) is 0 Å². The summed E-state index contributed by atoms with van der Waals surface area (Å²) in [6, 6.07) is 0.590. The van der Waals surface area contributed by atoms with Crippen molar-refractivity contribution in [3.8, 4) is 0 Å². The van der Waals surface area contributed by atoms with E-state index in [1.54, 1.807) is 0 Å². The molecule has 0 spiro atoms. The van der Waals surface area contributed by atoms with Gasteiger partial charge < -0.3 is 4.90 Å². The van der Waals surface area contributed by atoms with Crippen LogP contribution in [-0.2, 0) is 4.79 Å². The molecular formula is C11H20N2O. The zero-order valence-electron chi connectivity index (χ0n) is 9.12. The molecule has 14 heavy (non-hydrogen) atoms. The highest BCUT2D eigenvalue weighted by Gasteiger charge is 2.39. The van der Waals surface area contributed by atoms with Gasteiger partial charge in [0.1, 0.15) is 0 Å². The quantitative estimate of drug-likeness (QED) is 0.725. The molecule has 0 aromatic heterocycles. The Balaban J connectivity index is 2.06. The summed E-state index contributed by atoms with van der Waals surface area (Å²) >= 11 is 0. The summed E-state index contributed by atoms with van der Waals surface area (Å²) in [6.45, 7) is 4.17. The van der Waals surface area contributed by atoms with E-state index in [4.69, 9.17) is 0 Å². The number of hydrogen-bond acceptors (Lipinski definition) is 2. The zero-order chi connectivity index (χ0) is 10.1. The second-order valence-corrected chi connectivity index (χ2v) is 4.49. The van der Waals surface area contributed by atoms with Crippen molar-refractivity contribution < 1.29 is 4.79 Å². The molecule has 1 aliphatic carbocycles. The second kappa shape index (κ2) is 3.89. The normalized spacial score (nSPS) is 34.4. The molecule has 2 rings (SSSR count). The summed E-state index contributed by atoms with van der Waals surface area (Å²) in [5.74, 6) is 0.326. The van der Waals surface area contributed by atoms with Gasteiger partial charge in [0.05, 0.1) is 12.2 Å². The molecule has 2 fully saturated rings. The standard InChI is InChI=1S/C11H20N2O/c1-3-10-11(14)13(8(2)12-10)9-6-4-5-7-9/h8-10,12H,3-7H2,1-2H3. The van der Waals surface area contributed by atoms with Gasteiger partial charge in [-0.05, 0) is 26.2 Å². The Bertz CT molecular complexity index is 223. The topological polar surface area (TPSA) is 32.3 Å². The second-order valence-electron chi connectivity index (χ2n) is 4.49. The first-order chi connectivity index (χ1) is 6.74. The van der Waals surface area contributed by atoms with Crippen LogP contribution in [0.4, 0.5) is 0 Å². The highest BCUT2D eigenvalue weighted by Crippen LogP contribution is 2.28. The lowest BCUT2D eigenvalue weighted by atomic mass is 10.2. The van der Waals surface area contributed by atoms with Crippen LogP contribution in [0.15, 0.2) is 0 Å². The molecule has 80 valence electrons. The Kier molecular flexibility index (Phi) is 2.77. The van der Waals surface area contributed by atoms with E-state index in [0.29, 0.717) is 11.9 Å². The fourth-order valence-corrected chi connectivity index (χ4v) is 2.78. The van der Waals surface area contributed by atoms with Crippen LogP contribution in [0.25, 0.3) is 0 Å². The van der Waals surface area contributed by atoms with Crippen molar-refractivity contribution in [2.45, 2.75) is 64.2 Å². The number of hydrogen-bond donors (Lipinski definition) is 1. The summed E-state index contributed by atoms with van der Waals surface area (Å²) in [4.78, 5) is 14.1. The van der Waals surface area contributed by atoms with Gasteiger partial charge in [-0.3, -0.25) is 10.1 Å². The highest BCUT2D eigenvalue weighted by atomic mass is 16.2. The van der Waals surface area contributed by atoms with Crippen LogP contribution in [0, 0.1) is 0 Å². The van der Waals surface area contributed by atoms with Crippen LogP contribution >= 0.6 is 0 Å². The highest BCUT2D eigenvalue weighted by molar-refractivity contribution is 5.84. The molecule has 1 saturated heterocycles. The molecule has 1 heterocycles. The maximum Gasteiger partial charge on any atom is 0.241 e. The van der Waals surface area contributed by atoms with Crippen molar-refractivity contribution in [2.75, 3.05) is 0 Å². The maximum atomic E-state index is 12.0. The fourth-order valence-electron chi connectivity index (χ4n) is 2.78. The van der Waals surface area contributed by atoms with Crippen molar-refractivity contribution in [1.29, 1.82) is 0 Å². The number of carbonyl (C=O) groups is 1. The van der Waals surface area contributed by atoms with E-state index in [9.17, 15) is 4.79 Å². The summed E-state index contributed by atoms with van der Waals surface area (Å²) in [5, 5.41) is 3.36. The summed E-state index contributed by atoms with van der Waals surface area (Å²) < 4.78 is 0. The number of amides is 1. The number of nitrogens with one attached hydrogen (secondary N) is 1. The first-order valence-electron chi connectivity index (χ1n) is 5.82. The lowest BCUT2D eigenvalue weighted by molar-refractivity contribution is -0.132. The minimum atomic E-state index is 0.0746. The molecule has 2 aliphatic rings. The van der Waals surface area contributed by atoms with E-state index in [2.05, 4.69) is 24.1 Å². The number of nitrogens with zero attached hydrogens (tertiary/aromatic N) is 1. The molecule has 2 unspecified atom stereocenters. The third-order valence-corrected chi connectivity index (χ3v) is 3.54. The smallest absolute Gasteiger partial charge is 0.241 e. The van der Waals surface area contributed by atoms with Gasteiger partial charge in [0.15, 0.2) is 0 Å². The first-order valence-corrected chi connectivity index (χ1v) is 5.82. The molecule has 1 aliphatic heterocycles. The lowest BCUT2D eigenvalue weighted by Gasteiger charge is -2.27. The largest absolute Gasteiger partial charge is 0.323 e. The molecule has 3 nitrogen and oxygen atoms in total. The fraction of sp³-hybridized carbons (Fsp3) is 0.909. The van der Waals surface area contributed by atoms with E-state index in [-0.39, 0.29) is 12.2 Å². The molecule has 3 heteroatoms. The third-order valence-electron chi connectivity index (χ3n) is 3.54. The first kappa shape index (κ1) is 9.97. The molecule has 0 aromatic carbocycles. The third kappa shape index (κ3) is 1.54. The van der Waals surface area contributed by atoms with Gasteiger partial charge in [0, 0.05) is 6.04 Å². The van der Waals surface area contributed by atoms with Gasteiger partial charge >= 0.3 is 0 Å². The van der Waals surface area contributed by atoms with Crippen LogP contribution in [0.2, 0.25) is 0 Å². The monoisotopic (exact) mass is 196 g/mol. The molecule has 1 amide bonds. The summed E-state index contributed by atoms with van der Waals surface area (Å²) in [6.07, 6.45) is 6.14. The Morgan fingerprint density at radius 3 is 2.57 bits per heavy atom. The van der Waals surface area contributed by atoms with Crippen molar-refractivity contribution in [1.82, 2.24) is 10.2 Å². The van der Waals surface area contributed by atoms with Crippen molar-refractivity contribution in [3.63, 3.8) is 0 Å². The van der Waals surface area contributed by atoms with Crippen LogP contribution in [0.3, 0.4) is 0 Å². The van der Waals surface area contributed by atoms with E-state index in [0.717, 1.165) is 6.42 Å². The van der Waals surface area contributed by atoms with Crippen molar-refractivity contribution >= 4 is 5.91 Å². The molecule has 0 bridgehead atoms. The predicted octanol–water partition coefficient (Wildman–Crippen LogP) is 1.49. The minimum Gasteiger partial charge on any atom is -0.323 e.